The van der Waals surface area contributed by atoms with Crippen LogP contribution < -0.4 is 4.74 Å². The van der Waals surface area contributed by atoms with Crippen molar-refractivity contribution in [1.82, 2.24) is 4.90 Å². The summed E-state index contributed by atoms with van der Waals surface area (Å²) in [6, 6.07) is 13.2. The molecule has 3 rings (SSSR count). The number of carbonyl (C=O) groups is 1. The quantitative estimate of drug-likeness (QED) is 0.694. The van der Waals surface area contributed by atoms with Crippen molar-refractivity contribution in [2.75, 3.05) is 20.3 Å². The molecule has 0 saturated carbocycles. The first-order valence-corrected chi connectivity index (χ1v) is 9.22. The van der Waals surface area contributed by atoms with Crippen molar-refractivity contribution in [2.45, 2.75) is 25.1 Å². The maximum Gasteiger partial charge on any atom is 0.139 e. The van der Waals surface area contributed by atoms with Crippen molar-refractivity contribution in [3.8, 4) is 5.75 Å². The molecule has 0 N–H and O–H groups in total. The molecule has 2 aromatic carbocycles. The van der Waals surface area contributed by atoms with Crippen LogP contribution in [0, 0.1) is 0 Å². The predicted octanol–water partition coefficient (Wildman–Crippen LogP) is 4.01. The average Bonchev–Trinajstić information content (AvgIpc) is 2.62. The van der Waals surface area contributed by atoms with Gasteiger partial charge in [-0.2, -0.15) is 0 Å². The van der Waals surface area contributed by atoms with Gasteiger partial charge in [-0.25, -0.2) is 0 Å². The normalized spacial score (nSPS) is 20.7. The molecule has 26 heavy (non-hydrogen) atoms. The van der Waals surface area contributed by atoms with E-state index in [2.05, 4.69) is 4.90 Å². The van der Waals surface area contributed by atoms with E-state index in [9.17, 15) is 4.79 Å². The van der Waals surface area contributed by atoms with Crippen LogP contribution in [0.4, 0.5) is 0 Å². The van der Waals surface area contributed by atoms with Crippen LogP contribution in [0.25, 0.3) is 0 Å². The minimum Gasteiger partial charge on any atom is -0.497 e. The molecule has 1 saturated heterocycles. The third-order valence-electron chi connectivity index (χ3n) is 4.50. The fraction of sp³-hybridized carbons (Fsp3) is 0.350. The minimum absolute atomic E-state index is 0.0148. The zero-order valence-electron chi connectivity index (χ0n) is 14.5. The Morgan fingerprint density at radius 3 is 2.46 bits per heavy atom. The van der Waals surface area contributed by atoms with Gasteiger partial charge in [0.05, 0.1) is 25.9 Å². The van der Waals surface area contributed by atoms with E-state index in [1.54, 1.807) is 13.2 Å². The van der Waals surface area contributed by atoms with E-state index in [1.165, 1.54) is 0 Å². The van der Waals surface area contributed by atoms with E-state index in [4.69, 9.17) is 32.7 Å². The van der Waals surface area contributed by atoms with Crippen LogP contribution in [0.1, 0.15) is 11.1 Å². The number of aldehydes is 1. The molecule has 1 aliphatic heterocycles. The molecule has 2 atom stereocenters. The highest BCUT2D eigenvalue weighted by Gasteiger charge is 2.29. The molecule has 6 heteroatoms. The van der Waals surface area contributed by atoms with Crippen molar-refractivity contribution in [2.24, 2.45) is 0 Å². The van der Waals surface area contributed by atoms with Crippen LogP contribution in [-0.4, -0.2) is 43.6 Å². The molecule has 0 bridgehead atoms. The van der Waals surface area contributed by atoms with Gasteiger partial charge in [-0.3, -0.25) is 4.90 Å². The van der Waals surface area contributed by atoms with E-state index < -0.39 is 0 Å². The van der Waals surface area contributed by atoms with Gasteiger partial charge in [-0.15, -0.1) is 0 Å². The van der Waals surface area contributed by atoms with Gasteiger partial charge >= 0.3 is 0 Å². The highest BCUT2D eigenvalue weighted by Crippen LogP contribution is 2.23. The summed E-state index contributed by atoms with van der Waals surface area (Å²) in [5.74, 6) is 0.818. The molecule has 1 aliphatic rings. The number of methoxy groups -OCH3 is 1. The summed E-state index contributed by atoms with van der Waals surface area (Å²) in [4.78, 5) is 13.6. The molecule has 1 heterocycles. The van der Waals surface area contributed by atoms with E-state index in [-0.39, 0.29) is 12.1 Å². The van der Waals surface area contributed by atoms with Crippen molar-refractivity contribution >= 4 is 29.5 Å². The monoisotopic (exact) mass is 393 g/mol. The van der Waals surface area contributed by atoms with Crippen molar-refractivity contribution < 1.29 is 14.3 Å². The van der Waals surface area contributed by atoms with Crippen LogP contribution in [0.5, 0.6) is 5.75 Å². The summed E-state index contributed by atoms with van der Waals surface area (Å²) in [5.41, 5.74) is 2.16. The van der Waals surface area contributed by atoms with Gasteiger partial charge in [0.15, 0.2) is 0 Å². The second-order valence-corrected chi connectivity index (χ2v) is 7.29. The molecule has 0 radical (unpaired) electrons. The maximum absolute atomic E-state index is 11.4. The molecule has 2 unspecified atom stereocenters. The number of benzene rings is 2. The molecule has 0 spiro atoms. The summed E-state index contributed by atoms with van der Waals surface area (Å²) < 4.78 is 11.1. The Morgan fingerprint density at radius 2 is 1.85 bits per heavy atom. The molecule has 0 aliphatic carbocycles. The Labute approximate surface area is 163 Å². The fourth-order valence-corrected chi connectivity index (χ4v) is 3.75. The Morgan fingerprint density at radius 1 is 1.15 bits per heavy atom. The number of nitrogens with zero attached hydrogens (tertiary/aromatic N) is 1. The predicted molar refractivity (Wildman–Crippen MR) is 103 cm³/mol. The Hall–Kier alpha value is -1.59. The molecular weight excluding hydrogens is 373 g/mol. The number of rotatable bonds is 6. The maximum atomic E-state index is 11.4. The summed E-state index contributed by atoms with van der Waals surface area (Å²) in [6.45, 7) is 1.74. The lowest BCUT2D eigenvalue weighted by molar-refractivity contribution is -0.123. The summed E-state index contributed by atoms with van der Waals surface area (Å²) in [6.07, 6.45) is 1.64. The first kappa shape index (κ1) is 19.2. The van der Waals surface area contributed by atoms with Gasteiger partial charge in [0.2, 0.25) is 0 Å². The van der Waals surface area contributed by atoms with Gasteiger partial charge < -0.3 is 14.3 Å². The number of carbonyl (C=O) groups excluding carboxylic acids is 1. The lowest BCUT2D eigenvalue weighted by atomic mass is 10.0. The summed E-state index contributed by atoms with van der Waals surface area (Å²) in [7, 11) is 1.64. The smallest absolute Gasteiger partial charge is 0.139 e. The highest BCUT2D eigenvalue weighted by atomic mass is 35.5. The van der Waals surface area contributed by atoms with Gasteiger partial charge in [-0.05, 0) is 47.9 Å². The summed E-state index contributed by atoms with van der Waals surface area (Å²) >= 11 is 12.2. The minimum atomic E-state index is -0.240. The lowest BCUT2D eigenvalue weighted by Gasteiger charge is -2.37. The topological polar surface area (TPSA) is 38.8 Å². The van der Waals surface area contributed by atoms with Gasteiger partial charge in [0.25, 0.3) is 0 Å². The Kier molecular flexibility index (Phi) is 6.54. The van der Waals surface area contributed by atoms with Crippen LogP contribution in [0.15, 0.2) is 42.5 Å². The Balaban J connectivity index is 1.68. The molecular formula is C20H21Cl2NO3. The summed E-state index contributed by atoms with van der Waals surface area (Å²) in [5, 5.41) is 1.23. The molecule has 138 valence electrons. The highest BCUT2D eigenvalue weighted by molar-refractivity contribution is 6.34. The standard InChI is InChI=1S/C20H21Cl2NO3/c1-25-19-4-2-14(3-5-19)10-23-11-20(26-13-18(23)12-24)8-15-6-16(21)9-17(22)7-15/h2-7,9,12,18,20H,8,10-11,13H2,1H3. The molecule has 1 fully saturated rings. The molecule has 2 aromatic rings. The van der Waals surface area contributed by atoms with Crippen LogP contribution >= 0.6 is 23.2 Å². The Bertz CT molecular complexity index is 731. The van der Waals surface area contributed by atoms with Crippen molar-refractivity contribution in [3.63, 3.8) is 0 Å². The average molecular weight is 394 g/mol. The zero-order valence-corrected chi connectivity index (χ0v) is 16.0. The van der Waals surface area contributed by atoms with E-state index in [1.807, 2.05) is 36.4 Å². The van der Waals surface area contributed by atoms with Crippen LogP contribution in [0.2, 0.25) is 10.0 Å². The third-order valence-corrected chi connectivity index (χ3v) is 4.93. The second-order valence-electron chi connectivity index (χ2n) is 6.42. The van der Waals surface area contributed by atoms with Crippen molar-refractivity contribution in [1.29, 1.82) is 0 Å². The van der Waals surface area contributed by atoms with Gasteiger partial charge in [0, 0.05) is 23.1 Å². The van der Waals surface area contributed by atoms with Crippen LogP contribution in [0.3, 0.4) is 0 Å². The van der Waals surface area contributed by atoms with Gasteiger partial charge in [-0.1, -0.05) is 35.3 Å². The SMILES string of the molecule is COc1ccc(CN2CC(Cc3cc(Cl)cc(Cl)c3)OCC2C=O)cc1. The van der Waals surface area contributed by atoms with E-state index >= 15 is 0 Å². The number of ether oxygens (including phenoxy) is 2. The second kappa shape index (κ2) is 8.87. The molecule has 0 aromatic heterocycles. The number of morpholine rings is 1. The van der Waals surface area contributed by atoms with Gasteiger partial charge in [0.1, 0.15) is 12.0 Å². The van der Waals surface area contributed by atoms with E-state index in [0.717, 1.165) is 23.2 Å². The zero-order chi connectivity index (χ0) is 18.5. The number of hydrogen-bond donors (Lipinski definition) is 0. The number of halogens is 2. The number of hydrogen-bond acceptors (Lipinski definition) is 4. The first-order valence-electron chi connectivity index (χ1n) is 8.46. The van der Waals surface area contributed by atoms with Crippen molar-refractivity contribution in [3.05, 3.63) is 63.6 Å². The lowest BCUT2D eigenvalue weighted by Crippen LogP contribution is -2.50. The van der Waals surface area contributed by atoms with Crippen LogP contribution in [-0.2, 0) is 22.5 Å². The molecule has 4 nitrogen and oxygen atoms in total. The first-order chi connectivity index (χ1) is 12.6. The fourth-order valence-electron chi connectivity index (χ4n) is 3.18. The largest absolute Gasteiger partial charge is 0.497 e. The van der Waals surface area contributed by atoms with E-state index in [0.29, 0.717) is 36.2 Å². The third kappa shape index (κ3) is 4.98. The molecule has 0 amide bonds.